The number of nitrogens with one attached hydrogen (secondary N) is 8. The van der Waals surface area contributed by atoms with Gasteiger partial charge >= 0.3 is 0 Å². The molecule has 18 nitrogen and oxygen atoms in total. The summed E-state index contributed by atoms with van der Waals surface area (Å²) >= 11 is 0. The molecule has 18 heteroatoms. The number of fused-ring (bicyclic) bond motifs is 2. The number of rotatable bonds is 23. The zero-order valence-electron chi connectivity index (χ0n) is 35.6. The van der Waals surface area contributed by atoms with E-state index in [2.05, 4.69) is 46.5 Å². The Morgan fingerprint density at radius 1 is 0.594 bits per heavy atom. The van der Waals surface area contributed by atoms with Crippen molar-refractivity contribution in [2.45, 2.75) is 88.1 Å². The molecule has 0 aliphatic carbocycles. The topological polar surface area (TPSA) is 301 Å². The highest BCUT2D eigenvalue weighted by Crippen LogP contribution is 2.21. The number of carbonyl (C=O) groups excluding carboxylic acids is 6. The summed E-state index contributed by atoms with van der Waals surface area (Å²) in [5, 5.41) is 15.5. The van der Waals surface area contributed by atoms with Crippen LogP contribution in [0.2, 0.25) is 0 Å². The molecule has 6 rings (SSSR count). The molecule has 0 aliphatic rings. The first kappa shape index (κ1) is 46.2. The summed E-state index contributed by atoms with van der Waals surface area (Å²) in [4.78, 5) is 95.6. The third-order valence-corrected chi connectivity index (χ3v) is 11.1. The van der Waals surface area contributed by atoms with Crippen LogP contribution in [-0.4, -0.2) is 98.2 Å². The Labute approximate surface area is 369 Å². The summed E-state index contributed by atoms with van der Waals surface area (Å²) in [7, 11) is 0. The van der Waals surface area contributed by atoms with E-state index >= 15 is 0 Å². The standard InChI is InChI=1S/C46H56N12O6/c1-27(54-44(62)39(20-29-23-51-35-15-7-5-13-32(29)35)57-43(61)34(48)22-31-25-50-26-53-31)42(60)56-40(21-30-24-52-36-16-8-6-14-33(30)36)46(64)58-38(19-28-11-3-2-4-12-28)45(63)55-37(41(49)59)17-9-10-18-47/h2-8,11-16,23-27,34,37-40,51-52H,9-10,17-22,47-48H2,1H3,(H2,49,59)(H,50,53)(H,54,62)(H,55,63)(H,56,60)(H,57,61)(H,58,64)/t27-,34-,37-,38-,39-,40-/m1/s1. The lowest BCUT2D eigenvalue weighted by Crippen LogP contribution is -2.59. The Morgan fingerprint density at radius 3 is 1.67 bits per heavy atom. The molecule has 0 bridgehead atoms. The molecule has 3 aromatic heterocycles. The average Bonchev–Trinajstić information content (AvgIpc) is 4.06. The number of nitrogens with zero attached hydrogens (tertiary/aromatic N) is 1. The molecular formula is C46H56N12O6. The predicted octanol–water partition coefficient (Wildman–Crippen LogP) is 1.03. The number of hydrogen-bond acceptors (Lipinski definition) is 9. The third-order valence-electron chi connectivity index (χ3n) is 11.1. The van der Waals surface area contributed by atoms with Gasteiger partial charge in [-0.15, -0.1) is 0 Å². The predicted molar refractivity (Wildman–Crippen MR) is 242 cm³/mol. The summed E-state index contributed by atoms with van der Waals surface area (Å²) in [5.41, 5.74) is 22.0. The number of imidazole rings is 1. The molecule has 64 heavy (non-hydrogen) atoms. The van der Waals surface area contributed by atoms with Gasteiger partial charge in [0.25, 0.3) is 0 Å². The van der Waals surface area contributed by atoms with E-state index in [0.29, 0.717) is 30.6 Å². The van der Waals surface area contributed by atoms with Crippen molar-refractivity contribution < 1.29 is 28.8 Å². The first-order valence-electron chi connectivity index (χ1n) is 21.3. The number of aromatic nitrogens is 4. The van der Waals surface area contributed by atoms with Gasteiger partial charge in [0.1, 0.15) is 30.2 Å². The van der Waals surface area contributed by atoms with Crippen molar-refractivity contribution >= 4 is 57.2 Å². The van der Waals surface area contributed by atoms with Crippen LogP contribution in [0.5, 0.6) is 0 Å². The highest BCUT2D eigenvalue weighted by atomic mass is 16.2. The van der Waals surface area contributed by atoms with Gasteiger partial charge in [-0.25, -0.2) is 4.98 Å². The third kappa shape index (κ3) is 12.4. The minimum Gasteiger partial charge on any atom is -0.368 e. The van der Waals surface area contributed by atoms with Crippen LogP contribution in [0.25, 0.3) is 21.8 Å². The highest BCUT2D eigenvalue weighted by Gasteiger charge is 2.33. The lowest BCUT2D eigenvalue weighted by Gasteiger charge is -2.26. The zero-order valence-corrected chi connectivity index (χ0v) is 35.6. The van der Waals surface area contributed by atoms with Crippen LogP contribution in [0.3, 0.4) is 0 Å². The van der Waals surface area contributed by atoms with Gasteiger partial charge in [0.2, 0.25) is 35.4 Å². The summed E-state index contributed by atoms with van der Waals surface area (Å²) in [6.45, 7) is 1.87. The van der Waals surface area contributed by atoms with Crippen LogP contribution in [0.1, 0.15) is 48.6 Å². The van der Waals surface area contributed by atoms with E-state index < -0.39 is 71.7 Å². The van der Waals surface area contributed by atoms with Gasteiger partial charge < -0.3 is 58.7 Å². The van der Waals surface area contributed by atoms with Gasteiger partial charge in [-0.1, -0.05) is 66.7 Å². The number of hydrogen-bond donors (Lipinski definition) is 11. The van der Waals surface area contributed by atoms with Gasteiger partial charge in [0, 0.05) is 71.8 Å². The maximum absolute atomic E-state index is 14.4. The van der Waals surface area contributed by atoms with Crippen LogP contribution < -0.4 is 43.8 Å². The van der Waals surface area contributed by atoms with Crippen LogP contribution in [0.15, 0.2) is 104 Å². The normalized spacial score (nSPS) is 14.1. The van der Waals surface area contributed by atoms with Crippen molar-refractivity contribution in [3.8, 4) is 0 Å². The summed E-state index contributed by atoms with van der Waals surface area (Å²) < 4.78 is 0. The van der Waals surface area contributed by atoms with E-state index in [1.54, 1.807) is 42.9 Å². The maximum Gasteiger partial charge on any atom is 0.243 e. The Balaban J connectivity index is 1.22. The molecule has 0 saturated carbocycles. The quantitative estimate of drug-likeness (QED) is 0.0409. The lowest BCUT2D eigenvalue weighted by atomic mass is 10.0. The number of H-pyrrole nitrogens is 3. The molecule has 3 heterocycles. The second-order valence-corrected chi connectivity index (χ2v) is 15.9. The molecule has 14 N–H and O–H groups in total. The minimum absolute atomic E-state index is 0.00159. The summed E-state index contributed by atoms with van der Waals surface area (Å²) in [6.07, 6.45) is 8.21. The number of benzene rings is 3. The number of aromatic amines is 3. The molecule has 3 aromatic carbocycles. The fraction of sp³-hybridized carbons (Fsp3) is 0.326. The van der Waals surface area contributed by atoms with Crippen molar-refractivity contribution in [2.24, 2.45) is 17.2 Å². The molecule has 0 fully saturated rings. The molecular weight excluding hydrogens is 817 g/mol. The molecule has 6 aromatic rings. The average molecular weight is 873 g/mol. The van der Waals surface area contributed by atoms with Gasteiger partial charge in [0.15, 0.2) is 0 Å². The van der Waals surface area contributed by atoms with E-state index in [4.69, 9.17) is 17.2 Å². The smallest absolute Gasteiger partial charge is 0.243 e. The fourth-order valence-corrected chi connectivity index (χ4v) is 7.52. The van der Waals surface area contributed by atoms with Crippen molar-refractivity contribution in [1.82, 2.24) is 46.5 Å². The van der Waals surface area contributed by atoms with E-state index in [9.17, 15) is 28.8 Å². The molecule has 0 unspecified atom stereocenters. The lowest BCUT2D eigenvalue weighted by molar-refractivity contribution is -0.134. The van der Waals surface area contributed by atoms with Crippen LogP contribution in [0.4, 0.5) is 0 Å². The SMILES string of the molecule is C[C@@H](NC(=O)[C@@H](Cc1c[nH]c2ccccc12)NC(=O)[C@H](N)Cc1cnc[nH]1)C(=O)N[C@H](Cc1c[nH]c2ccccc12)C(=O)N[C@H](Cc1ccccc1)C(=O)N[C@H](CCCCN)C(N)=O. The van der Waals surface area contributed by atoms with Crippen LogP contribution >= 0.6 is 0 Å². The first-order valence-corrected chi connectivity index (χ1v) is 21.3. The number of primary amides is 1. The first-order chi connectivity index (χ1) is 30.9. The summed E-state index contributed by atoms with van der Waals surface area (Å²) in [6, 6.07) is 17.2. The maximum atomic E-state index is 14.4. The van der Waals surface area contributed by atoms with Crippen LogP contribution in [-0.2, 0) is 54.5 Å². The molecule has 336 valence electrons. The molecule has 0 spiro atoms. The Morgan fingerprint density at radius 2 is 1.11 bits per heavy atom. The number of unbranched alkanes of at least 4 members (excludes halogenated alkanes) is 1. The van der Waals surface area contributed by atoms with Crippen molar-refractivity contribution in [1.29, 1.82) is 0 Å². The van der Waals surface area contributed by atoms with Crippen LogP contribution in [0, 0.1) is 0 Å². The second kappa shape index (κ2) is 22.2. The zero-order chi connectivity index (χ0) is 45.6. The van der Waals surface area contributed by atoms with Crippen molar-refractivity contribution in [3.05, 3.63) is 126 Å². The monoisotopic (exact) mass is 872 g/mol. The number of para-hydroxylation sites is 2. The van der Waals surface area contributed by atoms with Gasteiger partial charge in [-0.05, 0) is 61.6 Å². The number of nitrogens with two attached hydrogens (primary N) is 3. The van der Waals surface area contributed by atoms with E-state index in [-0.39, 0.29) is 32.1 Å². The van der Waals surface area contributed by atoms with Crippen molar-refractivity contribution in [2.75, 3.05) is 6.54 Å². The Hall–Kier alpha value is -7.31. The largest absolute Gasteiger partial charge is 0.368 e. The van der Waals surface area contributed by atoms with E-state index in [0.717, 1.165) is 32.9 Å². The number of carbonyl (C=O) groups is 6. The van der Waals surface area contributed by atoms with Crippen molar-refractivity contribution in [3.63, 3.8) is 0 Å². The van der Waals surface area contributed by atoms with E-state index in [1.165, 1.54) is 13.3 Å². The molecule has 0 aliphatic heterocycles. The summed E-state index contributed by atoms with van der Waals surface area (Å²) in [5.74, 6) is -4.02. The molecule has 0 radical (unpaired) electrons. The second-order valence-electron chi connectivity index (χ2n) is 15.9. The Bertz CT molecular complexity index is 2520. The molecule has 0 saturated heterocycles. The van der Waals surface area contributed by atoms with Gasteiger partial charge in [-0.2, -0.15) is 0 Å². The van der Waals surface area contributed by atoms with Gasteiger partial charge in [-0.3, -0.25) is 28.8 Å². The fourth-order valence-electron chi connectivity index (χ4n) is 7.52. The number of amides is 6. The highest BCUT2D eigenvalue weighted by molar-refractivity contribution is 5.97. The molecule has 6 amide bonds. The minimum atomic E-state index is -1.25. The van der Waals surface area contributed by atoms with Gasteiger partial charge in [0.05, 0.1) is 12.4 Å². The van der Waals surface area contributed by atoms with E-state index in [1.807, 2.05) is 54.6 Å². The Kier molecular flexibility index (Phi) is 16.0. The molecule has 6 atom stereocenters.